The summed E-state index contributed by atoms with van der Waals surface area (Å²) in [5, 5.41) is 13.5. The molecule has 2 rings (SSSR count). The summed E-state index contributed by atoms with van der Waals surface area (Å²) in [6.07, 6.45) is 3.48. The van der Waals surface area contributed by atoms with Crippen molar-refractivity contribution in [2.24, 2.45) is 7.05 Å². The van der Waals surface area contributed by atoms with Gasteiger partial charge in [-0.2, -0.15) is 5.10 Å². The predicted octanol–water partition coefficient (Wildman–Crippen LogP) is 1.05. The van der Waals surface area contributed by atoms with Gasteiger partial charge in [-0.25, -0.2) is 4.98 Å². The SMILES string of the molecule is CCCc1nc(C(=O)Nc2cn(C)nc2C)n[nH]1. The van der Waals surface area contributed by atoms with Crippen molar-refractivity contribution in [2.75, 3.05) is 5.32 Å². The molecule has 2 N–H and O–H groups in total. The maximum atomic E-state index is 11.9. The molecule has 0 bridgehead atoms. The van der Waals surface area contributed by atoms with Crippen LogP contribution in [0.15, 0.2) is 6.20 Å². The highest BCUT2D eigenvalue weighted by Crippen LogP contribution is 2.12. The van der Waals surface area contributed by atoms with E-state index in [1.54, 1.807) is 17.9 Å². The molecule has 2 aromatic heterocycles. The molecule has 96 valence electrons. The summed E-state index contributed by atoms with van der Waals surface area (Å²) < 4.78 is 1.64. The maximum Gasteiger partial charge on any atom is 0.295 e. The molecule has 0 saturated carbocycles. The molecular weight excluding hydrogens is 232 g/mol. The van der Waals surface area contributed by atoms with Crippen LogP contribution in [0.1, 0.15) is 35.5 Å². The minimum atomic E-state index is -0.329. The standard InChI is InChI=1S/C11H16N6O/c1-4-5-9-13-10(15-14-9)11(18)12-8-6-17(3)16-7(8)2/h6H,4-5H2,1-3H3,(H,12,18)(H,13,14,15). The molecule has 18 heavy (non-hydrogen) atoms. The minimum absolute atomic E-state index is 0.154. The van der Waals surface area contributed by atoms with E-state index in [0.717, 1.165) is 24.4 Å². The summed E-state index contributed by atoms with van der Waals surface area (Å²) >= 11 is 0. The summed E-state index contributed by atoms with van der Waals surface area (Å²) in [6, 6.07) is 0. The fourth-order valence-electron chi connectivity index (χ4n) is 1.65. The average Bonchev–Trinajstić information content (AvgIpc) is 2.87. The molecule has 0 fully saturated rings. The third kappa shape index (κ3) is 2.55. The van der Waals surface area contributed by atoms with Crippen molar-refractivity contribution in [3.63, 3.8) is 0 Å². The Morgan fingerprint density at radius 3 is 2.94 bits per heavy atom. The Labute approximate surface area is 105 Å². The van der Waals surface area contributed by atoms with Gasteiger partial charge in [-0.15, -0.1) is 5.10 Å². The molecule has 2 aromatic rings. The van der Waals surface area contributed by atoms with E-state index >= 15 is 0 Å². The van der Waals surface area contributed by atoms with Crippen LogP contribution < -0.4 is 5.32 Å². The van der Waals surface area contributed by atoms with Gasteiger partial charge in [0, 0.05) is 19.7 Å². The molecule has 2 heterocycles. The number of hydrogen-bond acceptors (Lipinski definition) is 4. The van der Waals surface area contributed by atoms with E-state index in [9.17, 15) is 4.79 Å². The molecule has 1 amide bonds. The van der Waals surface area contributed by atoms with Gasteiger partial charge < -0.3 is 5.32 Å². The number of aryl methyl sites for hydroxylation is 3. The van der Waals surface area contributed by atoms with Gasteiger partial charge in [0.1, 0.15) is 5.82 Å². The van der Waals surface area contributed by atoms with Crippen molar-refractivity contribution >= 4 is 11.6 Å². The number of nitrogens with zero attached hydrogens (tertiary/aromatic N) is 4. The van der Waals surface area contributed by atoms with Crippen LogP contribution in [0.3, 0.4) is 0 Å². The molecule has 0 atom stereocenters. The number of aromatic amines is 1. The highest BCUT2D eigenvalue weighted by Gasteiger charge is 2.14. The van der Waals surface area contributed by atoms with Crippen LogP contribution in [0.5, 0.6) is 0 Å². The third-order valence-corrected chi connectivity index (χ3v) is 2.48. The minimum Gasteiger partial charge on any atom is -0.316 e. The monoisotopic (exact) mass is 248 g/mol. The van der Waals surface area contributed by atoms with Crippen molar-refractivity contribution in [3.05, 3.63) is 23.5 Å². The molecule has 0 aliphatic carbocycles. The number of hydrogen-bond donors (Lipinski definition) is 2. The summed E-state index contributed by atoms with van der Waals surface area (Å²) in [5.41, 5.74) is 1.43. The van der Waals surface area contributed by atoms with E-state index in [-0.39, 0.29) is 11.7 Å². The molecular formula is C11H16N6O. The normalized spacial score (nSPS) is 10.6. The number of H-pyrrole nitrogens is 1. The molecule has 0 aromatic carbocycles. The van der Waals surface area contributed by atoms with Crippen molar-refractivity contribution in [2.45, 2.75) is 26.7 Å². The van der Waals surface area contributed by atoms with E-state index in [2.05, 4.69) is 25.6 Å². The molecule has 0 aliphatic heterocycles. The fraction of sp³-hybridized carbons (Fsp3) is 0.455. The summed E-state index contributed by atoms with van der Waals surface area (Å²) in [4.78, 5) is 16.0. The first-order valence-electron chi connectivity index (χ1n) is 5.83. The number of nitrogens with one attached hydrogen (secondary N) is 2. The van der Waals surface area contributed by atoms with Crippen molar-refractivity contribution in [1.29, 1.82) is 0 Å². The molecule has 0 unspecified atom stereocenters. The van der Waals surface area contributed by atoms with E-state index in [1.807, 2.05) is 13.8 Å². The maximum absolute atomic E-state index is 11.9. The number of anilines is 1. The first kappa shape index (κ1) is 12.3. The smallest absolute Gasteiger partial charge is 0.295 e. The lowest BCUT2D eigenvalue weighted by molar-refractivity contribution is 0.101. The van der Waals surface area contributed by atoms with Crippen LogP contribution in [0.4, 0.5) is 5.69 Å². The number of carbonyl (C=O) groups excluding carboxylic acids is 1. The lowest BCUT2D eigenvalue weighted by Crippen LogP contribution is -2.14. The summed E-state index contributed by atoms with van der Waals surface area (Å²) in [5.74, 6) is 0.553. The Kier molecular flexibility index (Phi) is 3.40. The van der Waals surface area contributed by atoms with Gasteiger partial charge in [-0.05, 0) is 13.3 Å². The van der Waals surface area contributed by atoms with Crippen LogP contribution in [0.2, 0.25) is 0 Å². The summed E-state index contributed by atoms with van der Waals surface area (Å²) in [6.45, 7) is 3.87. The third-order valence-electron chi connectivity index (χ3n) is 2.48. The van der Waals surface area contributed by atoms with Gasteiger partial charge >= 0.3 is 0 Å². The molecule has 0 radical (unpaired) electrons. The van der Waals surface area contributed by atoms with Crippen molar-refractivity contribution in [1.82, 2.24) is 25.0 Å². The topological polar surface area (TPSA) is 88.5 Å². The van der Waals surface area contributed by atoms with Crippen LogP contribution in [0, 0.1) is 6.92 Å². The molecule has 0 spiro atoms. The van der Waals surface area contributed by atoms with Crippen LogP contribution in [-0.2, 0) is 13.5 Å². The molecule has 0 aliphatic rings. The quantitative estimate of drug-likeness (QED) is 0.846. The molecule has 7 nitrogen and oxygen atoms in total. The predicted molar refractivity (Wildman–Crippen MR) is 66.3 cm³/mol. The zero-order valence-electron chi connectivity index (χ0n) is 10.7. The first-order chi connectivity index (χ1) is 8.60. The second kappa shape index (κ2) is 4.99. The van der Waals surface area contributed by atoms with Crippen LogP contribution in [-0.4, -0.2) is 30.9 Å². The van der Waals surface area contributed by atoms with E-state index in [1.165, 1.54) is 0 Å². The Morgan fingerprint density at radius 2 is 2.33 bits per heavy atom. The number of amides is 1. The zero-order valence-corrected chi connectivity index (χ0v) is 10.7. The molecule has 0 saturated heterocycles. The Bertz CT molecular complexity index is 556. The zero-order chi connectivity index (χ0) is 13.1. The lowest BCUT2D eigenvalue weighted by Gasteiger charge is -1.98. The number of aromatic nitrogens is 5. The van der Waals surface area contributed by atoms with Crippen LogP contribution in [0.25, 0.3) is 0 Å². The Balaban J connectivity index is 2.09. The van der Waals surface area contributed by atoms with Gasteiger partial charge in [-0.1, -0.05) is 6.92 Å². The van der Waals surface area contributed by atoms with Gasteiger partial charge in [0.2, 0.25) is 5.82 Å². The number of carbonyl (C=O) groups is 1. The van der Waals surface area contributed by atoms with E-state index in [0.29, 0.717) is 5.69 Å². The van der Waals surface area contributed by atoms with Gasteiger partial charge in [0.05, 0.1) is 11.4 Å². The Morgan fingerprint density at radius 1 is 1.56 bits per heavy atom. The average molecular weight is 248 g/mol. The summed E-state index contributed by atoms with van der Waals surface area (Å²) in [7, 11) is 1.80. The highest BCUT2D eigenvalue weighted by atomic mass is 16.2. The van der Waals surface area contributed by atoms with E-state index in [4.69, 9.17) is 0 Å². The van der Waals surface area contributed by atoms with Gasteiger partial charge in [0.25, 0.3) is 5.91 Å². The van der Waals surface area contributed by atoms with Crippen molar-refractivity contribution in [3.8, 4) is 0 Å². The van der Waals surface area contributed by atoms with Crippen LogP contribution >= 0.6 is 0 Å². The highest BCUT2D eigenvalue weighted by molar-refractivity contribution is 6.01. The second-order valence-corrected chi connectivity index (χ2v) is 4.11. The first-order valence-corrected chi connectivity index (χ1v) is 5.83. The second-order valence-electron chi connectivity index (χ2n) is 4.11. The van der Waals surface area contributed by atoms with Crippen molar-refractivity contribution < 1.29 is 4.79 Å². The van der Waals surface area contributed by atoms with Gasteiger partial charge in [-0.3, -0.25) is 14.6 Å². The van der Waals surface area contributed by atoms with Gasteiger partial charge in [0.15, 0.2) is 0 Å². The molecule has 7 heteroatoms. The largest absolute Gasteiger partial charge is 0.316 e. The lowest BCUT2D eigenvalue weighted by atomic mass is 10.3. The fourth-order valence-corrected chi connectivity index (χ4v) is 1.65. The van der Waals surface area contributed by atoms with E-state index < -0.39 is 0 Å². The Hall–Kier alpha value is -2.18. The number of rotatable bonds is 4.